The Balaban J connectivity index is 2.19. The van der Waals surface area contributed by atoms with Crippen LogP contribution in [0.25, 0.3) is 0 Å². The normalized spacial score (nSPS) is 12.5. The topological polar surface area (TPSA) is 169 Å². The highest BCUT2D eigenvalue weighted by molar-refractivity contribution is 5.98. The molecule has 0 spiro atoms. The molecule has 0 unspecified atom stereocenters. The summed E-state index contributed by atoms with van der Waals surface area (Å²) in [7, 11) is 0. The fourth-order valence-corrected chi connectivity index (χ4v) is 3.39. The third kappa shape index (κ3) is 8.48. The summed E-state index contributed by atoms with van der Waals surface area (Å²) >= 11 is 0. The van der Waals surface area contributed by atoms with Crippen LogP contribution in [0.2, 0.25) is 0 Å². The van der Waals surface area contributed by atoms with Gasteiger partial charge in [-0.05, 0) is 18.4 Å². The lowest BCUT2D eigenvalue weighted by molar-refractivity contribution is -0.134. The minimum Gasteiger partial charge on any atom is -0.343 e. The number of amides is 3. The molecule has 0 aliphatic heterocycles. The molecule has 1 aromatic heterocycles. The first-order chi connectivity index (χ1) is 17.6. The van der Waals surface area contributed by atoms with Crippen molar-refractivity contribution in [2.45, 2.75) is 31.3 Å². The van der Waals surface area contributed by atoms with Crippen LogP contribution >= 0.6 is 0 Å². The van der Waals surface area contributed by atoms with Crippen LogP contribution in [-0.4, -0.2) is 65.9 Å². The summed E-state index contributed by atoms with van der Waals surface area (Å²) in [5.41, 5.74) is 16.2. The molecule has 10 nitrogen and oxygen atoms in total. The summed E-state index contributed by atoms with van der Waals surface area (Å²) in [6.07, 6.45) is -0.269. The molecule has 2 rings (SSSR count). The van der Waals surface area contributed by atoms with Gasteiger partial charge in [0, 0.05) is 26.2 Å². The molecule has 1 aromatic carbocycles. The van der Waals surface area contributed by atoms with Gasteiger partial charge in [-0.25, -0.2) is 0 Å². The van der Waals surface area contributed by atoms with Gasteiger partial charge in [0.2, 0.25) is 29.4 Å². The minimum absolute atomic E-state index is 0.0754. The third-order valence-electron chi connectivity index (χ3n) is 5.33. The number of halogens is 4. The molecule has 0 saturated heterocycles. The van der Waals surface area contributed by atoms with Crippen LogP contribution in [0.15, 0.2) is 30.3 Å². The number of anilines is 1. The minimum atomic E-state index is -1.96. The third-order valence-corrected chi connectivity index (χ3v) is 5.33. The second-order valence-electron chi connectivity index (χ2n) is 8.04. The molecule has 0 aliphatic rings. The Kier molecular flexibility index (Phi) is 11.4. The number of pyridine rings is 1. The van der Waals surface area contributed by atoms with Crippen molar-refractivity contribution in [3.63, 3.8) is 0 Å². The smallest absolute Gasteiger partial charge is 0.253 e. The van der Waals surface area contributed by atoms with Gasteiger partial charge in [0.1, 0.15) is 11.7 Å². The molecule has 8 N–H and O–H groups in total. The van der Waals surface area contributed by atoms with E-state index < -0.39 is 65.4 Å². The number of benzene rings is 1. The van der Waals surface area contributed by atoms with Crippen molar-refractivity contribution in [1.82, 2.24) is 15.2 Å². The van der Waals surface area contributed by atoms with Crippen LogP contribution in [0.3, 0.4) is 0 Å². The molecule has 1 heterocycles. The van der Waals surface area contributed by atoms with Crippen LogP contribution in [0, 0.1) is 23.5 Å². The summed E-state index contributed by atoms with van der Waals surface area (Å²) in [6, 6.07) is 5.92. The highest BCUT2D eigenvalue weighted by Crippen LogP contribution is 2.22. The molecule has 2 atom stereocenters. The lowest BCUT2D eigenvalue weighted by Crippen LogP contribution is -2.52. The first kappa shape index (κ1) is 29.6. The lowest BCUT2D eigenvalue weighted by Gasteiger charge is -2.24. The Morgan fingerprint density at radius 3 is 2.03 bits per heavy atom. The van der Waals surface area contributed by atoms with E-state index in [0.717, 1.165) is 5.56 Å². The maximum atomic E-state index is 14.0. The van der Waals surface area contributed by atoms with Crippen LogP contribution in [0.5, 0.6) is 0 Å². The molecule has 37 heavy (non-hydrogen) atoms. The zero-order valence-electron chi connectivity index (χ0n) is 19.9. The predicted octanol–water partition coefficient (Wildman–Crippen LogP) is 0.158. The maximum Gasteiger partial charge on any atom is 0.253 e. The Hall–Kier alpha value is -3.62. The molecule has 202 valence electrons. The number of hydrogen-bond acceptors (Lipinski definition) is 7. The standard InChI is InChI=1S/C23H29F4N7O3/c24-17-19(18(25)21(27)33-20(17)26)32-23(37)15(7-6-13-4-2-1-3-5-13)31-22(36)14(30)12-16(35)34(10-8-28)11-9-29/h1-5,14-15H,6-12,28-30H2,(H,31,36)(H,32,33,37)/t14-,15-/m0/s1. The quantitative estimate of drug-likeness (QED) is 0.182. The molecule has 0 aliphatic carbocycles. The van der Waals surface area contributed by atoms with E-state index in [1.165, 1.54) is 4.90 Å². The van der Waals surface area contributed by atoms with Gasteiger partial charge in [-0.3, -0.25) is 14.4 Å². The average molecular weight is 528 g/mol. The van der Waals surface area contributed by atoms with Crippen LogP contribution in [-0.2, 0) is 20.8 Å². The van der Waals surface area contributed by atoms with E-state index in [-0.39, 0.29) is 39.0 Å². The highest BCUT2D eigenvalue weighted by Gasteiger charge is 2.29. The maximum absolute atomic E-state index is 14.0. The van der Waals surface area contributed by atoms with Crippen molar-refractivity contribution in [2.75, 3.05) is 31.5 Å². The Morgan fingerprint density at radius 2 is 1.49 bits per heavy atom. The van der Waals surface area contributed by atoms with Crippen LogP contribution < -0.4 is 27.8 Å². The first-order valence-corrected chi connectivity index (χ1v) is 11.4. The SMILES string of the molecule is NCCN(CCN)C(=O)C[C@H](N)C(=O)N[C@@H](CCc1ccccc1)C(=O)Nc1c(F)c(F)nc(F)c1F. The average Bonchev–Trinajstić information content (AvgIpc) is 2.87. The molecule has 0 fully saturated rings. The van der Waals surface area contributed by atoms with Gasteiger partial charge in [-0.1, -0.05) is 30.3 Å². The zero-order chi connectivity index (χ0) is 27.5. The van der Waals surface area contributed by atoms with Gasteiger partial charge in [0.25, 0.3) is 11.9 Å². The van der Waals surface area contributed by atoms with Crippen molar-refractivity contribution in [3.8, 4) is 0 Å². The second kappa shape index (κ2) is 14.2. The van der Waals surface area contributed by atoms with E-state index in [1.807, 2.05) is 0 Å². The van der Waals surface area contributed by atoms with E-state index in [2.05, 4.69) is 10.3 Å². The number of rotatable bonds is 13. The molecule has 2 aromatic rings. The molecule has 3 amide bonds. The van der Waals surface area contributed by atoms with Crippen molar-refractivity contribution >= 4 is 23.4 Å². The number of nitrogens with two attached hydrogens (primary N) is 3. The van der Waals surface area contributed by atoms with Crippen molar-refractivity contribution in [1.29, 1.82) is 0 Å². The van der Waals surface area contributed by atoms with Gasteiger partial charge < -0.3 is 32.7 Å². The van der Waals surface area contributed by atoms with Crippen molar-refractivity contribution < 1.29 is 31.9 Å². The van der Waals surface area contributed by atoms with Gasteiger partial charge >= 0.3 is 0 Å². The lowest BCUT2D eigenvalue weighted by atomic mass is 10.0. The predicted molar refractivity (Wildman–Crippen MR) is 127 cm³/mol. The Labute approximate surface area is 210 Å². The van der Waals surface area contributed by atoms with E-state index in [9.17, 15) is 31.9 Å². The molecular formula is C23H29F4N7O3. The number of hydrogen-bond donors (Lipinski definition) is 5. The Morgan fingerprint density at radius 1 is 0.919 bits per heavy atom. The van der Waals surface area contributed by atoms with Crippen LogP contribution in [0.4, 0.5) is 23.2 Å². The molecule has 0 bridgehead atoms. The number of carbonyl (C=O) groups is 3. The van der Waals surface area contributed by atoms with Crippen LogP contribution in [0.1, 0.15) is 18.4 Å². The summed E-state index contributed by atoms with van der Waals surface area (Å²) in [4.78, 5) is 41.8. The van der Waals surface area contributed by atoms with Gasteiger partial charge in [0.05, 0.1) is 12.5 Å². The summed E-state index contributed by atoms with van der Waals surface area (Å²) < 4.78 is 55.0. The fraction of sp³-hybridized carbons (Fsp3) is 0.391. The summed E-state index contributed by atoms with van der Waals surface area (Å²) in [6.45, 7) is 0.724. The number of nitrogens with one attached hydrogen (secondary N) is 2. The zero-order valence-corrected chi connectivity index (χ0v) is 19.9. The summed E-state index contributed by atoms with van der Waals surface area (Å²) in [5.74, 6) is -10.3. The monoisotopic (exact) mass is 527 g/mol. The van der Waals surface area contributed by atoms with E-state index in [4.69, 9.17) is 17.2 Å². The Bertz CT molecular complexity index is 1060. The fourth-order valence-electron chi connectivity index (χ4n) is 3.39. The largest absolute Gasteiger partial charge is 0.343 e. The van der Waals surface area contributed by atoms with Crippen molar-refractivity contribution in [3.05, 3.63) is 59.4 Å². The van der Waals surface area contributed by atoms with Gasteiger partial charge in [-0.15, -0.1) is 0 Å². The number of carbonyl (C=O) groups excluding carboxylic acids is 3. The van der Waals surface area contributed by atoms with Gasteiger partial charge in [-0.2, -0.15) is 22.5 Å². The highest BCUT2D eigenvalue weighted by atomic mass is 19.2. The van der Waals surface area contributed by atoms with Gasteiger partial charge in [0.15, 0.2) is 0 Å². The summed E-state index contributed by atoms with van der Waals surface area (Å²) in [5, 5.41) is 4.11. The number of aryl methyl sites for hydroxylation is 1. The number of nitrogens with zero attached hydrogens (tertiary/aromatic N) is 2. The van der Waals surface area contributed by atoms with Crippen molar-refractivity contribution in [2.24, 2.45) is 17.2 Å². The first-order valence-electron chi connectivity index (χ1n) is 11.4. The van der Waals surface area contributed by atoms with E-state index >= 15 is 0 Å². The van der Waals surface area contributed by atoms with E-state index in [0.29, 0.717) is 0 Å². The number of aromatic nitrogens is 1. The molecule has 14 heteroatoms. The molecule has 0 radical (unpaired) electrons. The van der Waals surface area contributed by atoms with E-state index in [1.54, 1.807) is 35.6 Å². The molecule has 0 saturated carbocycles. The second-order valence-corrected chi connectivity index (χ2v) is 8.04. The molecular weight excluding hydrogens is 498 g/mol.